The second-order valence-corrected chi connectivity index (χ2v) is 4.58. The zero-order valence-electron chi connectivity index (χ0n) is 11.7. The molecule has 6 heteroatoms. The summed E-state index contributed by atoms with van der Waals surface area (Å²) in [6.07, 6.45) is 0. The van der Waals surface area contributed by atoms with Crippen LogP contribution in [0.1, 0.15) is 12.6 Å². The second-order valence-electron chi connectivity index (χ2n) is 4.58. The van der Waals surface area contributed by atoms with Crippen molar-refractivity contribution < 1.29 is 4.74 Å². The number of methoxy groups -OCH3 is 1. The maximum Gasteiger partial charge on any atom is 0.189 e. The van der Waals surface area contributed by atoms with E-state index in [0.717, 1.165) is 11.2 Å². The molecule has 0 aliphatic rings. The van der Waals surface area contributed by atoms with Gasteiger partial charge in [0.05, 0.1) is 13.2 Å². The largest absolute Gasteiger partial charge is 0.383 e. The fourth-order valence-corrected chi connectivity index (χ4v) is 1.98. The molecule has 2 aromatic rings. The standard InChI is InChI=1S/C14H20N4O.HI/c1-10(9-19-2)17-14(15)16-8-12-7-11-5-3-4-6-13(11)18-12;/h3-7,10,18H,8-9H2,1-2H3,(H3,15,16,17);1H. The first-order valence-electron chi connectivity index (χ1n) is 6.31. The number of rotatable bonds is 5. The Balaban J connectivity index is 0.00000200. The lowest BCUT2D eigenvalue weighted by molar-refractivity contribution is 0.179. The third-order valence-electron chi connectivity index (χ3n) is 2.82. The molecular formula is C14H21IN4O. The molecule has 5 nitrogen and oxygen atoms in total. The number of guanidine groups is 1. The number of ether oxygens (including phenoxy) is 1. The highest BCUT2D eigenvalue weighted by Gasteiger charge is 2.02. The van der Waals surface area contributed by atoms with Gasteiger partial charge in [-0.2, -0.15) is 0 Å². The number of nitrogens with two attached hydrogens (primary N) is 1. The minimum Gasteiger partial charge on any atom is -0.383 e. The predicted molar refractivity (Wildman–Crippen MR) is 93.5 cm³/mol. The molecule has 0 bridgehead atoms. The summed E-state index contributed by atoms with van der Waals surface area (Å²) in [6.45, 7) is 3.13. The van der Waals surface area contributed by atoms with Gasteiger partial charge in [0.15, 0.2) is 5.96 Å². The third-order valence-corrected chi connectivity index (χ3v) is 2.82. The van der Waals surface area contributed by atoms with Crippen LogP contribution < -0.4 is 11.1 Å². The van der Waals surface area contributed by atoms with Gasteiger partial charge in [-0.1, -0.05) is 18.2 Å². The molecule has 0 aliphatic heterocycles. The lowest BCUT2D eigenvalue weighted by Gasteiger charge is -2.12. The molecule has 2 rings (SSSR count). The van der Waals surface area contributed by atoms with Crippen LogP contribution in [-0.2, 0) is 11.3 Å². The summed E-state index contributed by atoms with van der Waals surface area (Å²) in [6, 6.07) is 10.4. The molecule has 4 N–H and O–H groups in total. The van der Waals surface area contributed by atoms with Crippen LogP contribution in [0.25, 0.3) is 10.9 Å². The highest BCUT2D eigenvalue weighted by molar-refractivity contribution is 14.0. The van der Waals surface area contributed by atoms with Crippen LogP contribution in [0.3, 0.4) is 0 Å². The van der Waals surface area contributed by atoms with Gasteiger partial charge in [-0.05, 0) is 24.4 Å². The zero-order chi connectivity index (χ0) is 13.7. The number of aliphatic imine (C=N–C) groups is 1. The topological polar surface area (TPSA) is 75.4 Å². The first-order chi connectivity index (χ1) is 9.19. The molecule has 0 amide bonds. The van der Waals surface area contributed by atoms with Crippen LogP contribution in [0.15, 0.2) is 35.3 Å². The molecule has 1 aromatic heterocycles. The monoisotopic (exact) mass is 388 g/mol. The van der Waals surface area contributed by atoms with Gasteiger partial charge in [0.25, 0.3) is 0 Å². The molecule has 110 valence electrons. The van der Waals surface area contributed by atoms with Gasteiger partial charge in [-0.25, -0.2) is 4.99 Å². The Morgan fingerprint density at radius 1 is 1.45 bits per heavy atom. The van der Waals surface area contributed by atoms with E-state index < -0.39 is 0 Å². The van der Waals surface area contributed by atoms with E-state index in [4.69, 9.17) is 10.5 Å². The number of aromatic nitrogens is 1. The van der Waals surface area contributed by atoms with Gasteiger partial charge in [-0.3, -0.25) is 0 Å². The molecule has 0 fully saturated rings. The Hall–Kier alpha value is -1.28. The molecule has 1 aromatic carbocycles. The van der Waals surface area contributed by atoms with E-state index in [1.54, 1.807) is 7.11 Å². The molecular weight excluding hydrogens is 367 g/mol. The SMILES string of the molecule is COCC(C)NC(N)=NCc1cc2ccccc2[nH]1.I. The van der Waals surface area contributed by atoms with Crippen molar-refractivity contribution in [3.8, 4) is 0 Å². The van der Waals surface area contributed by atoms with E-state index in [1.165, 1.54) is 5.39 Å². The van der Waals surface area contributed by atoms with Crippen molar-refractivity contribution in [1.29, 1.82) is 0 Å². The number of aromatic amines is 1. The van der Waals surface area contributed by atoms with Crippen molar-refractivity contribution in [2.24, 2.45) is 10.7 Å². The molecule has 0 saturated carbocycles. The first-order valence-corrected chi connectivity index (χ1v) is 6.31. The van der Waals surface area contributed by atoms with Gasteiger partial charge in [0.2, 0.25) is 0 Å². The number of halogens is 1. The number of para-hydroxylation sites is 1. The van der Waals surface area contributed by atoms with Crippen molar-refractivity contribution in [1.82, 2.24) is 10.3 Å². The van der Waals surface area contributed by atoms with Crippen LogP contribution in [0.4, 0.5) is 0 Å². The van der Waals surface area contributed by atoms with Crippen molar-refractivity contribution in [3.05, 3.63) is 36.0 Å². The van der Waals surface area contributed by atoms with Crippen LogP contribution in [0.5, 0.6) is 0 Å². The smallest absolute Gasteiger partial charge is 0.189 e. The van der Waals surface area contributed by atoms with Gasteiger partial charge in [-0.15, -0.1) is 24.0 Å². The Labute approximate surface area is 136 Å². The Bertz CT molecular complexity index is 534. The van der Waals surface area contributed by atoms with Crippen LogP contribution in [0.2, 0.25) is 0 Å². The van der Waals surface area contributed by atoms with Crippen LogP contribution >= 0.6 is 24.0 Å². The van der Waals surface area contributed by atoms with E-state index in [9.17, 15) is 0 Å². The van der Waals surface area contributed by atoms with Gasteiger partial charge in [0, 0.05) is 24.4 Å². The highest BCUT2D eigenvalue weighted by atomic mass is 127. The molecule has 1 heterocycles. The normalized spacial score (nSPS) is 13.0. The number of hydrogen-bond donors (Lipinski definition) is 3. The van der Waals surface area contributed by atoms with Gasteiger partial charge < -0.3 is 20.8 Å². The first kappa shape index (κ1) is 16.8. The summed E-state index contributed by atoms with van der Waals surface area (Å²) < 4.78 is 5.03. The summed E-state index contributed by atoms with van der Waals surface area (Å²) >= 11 is 0. The zero-order valence-corrected chi connectivity index (χ0v) is 14.0. The Morgan fingerprint density at radius 2 is 2.20 bits per heavy atom. The number of hydrogen-bond acceptors (Lipinski definition) is 2. The molecule has 20 heavy (non-hydrogen) atoms. The maximum atomic E-state index is 5.82. The molecule has 0 spiro atoms. The summed E-state index contributed by atoms with van der Waals surface area (Å²) in [5.41, 5.74) is 7.98. The number of nitrogens with one attached hydrogen (secondary N) is 2. The number of nitrogens with zero attached hydrogens (tertiary/aromatic N) is 1. The van der Waals surface area contributed by atoms with Crippen LogP contribution in [-0.4, -0.2) is 30.7 Å². The molecule has 1 unspecified atom stereocenters. The number of H-pyrrole nitrogens is 1. The lowest BCUT2D eigenvalue weighted by Crippen LogP contribution is -2.40. The maximum absolute atomic E-state index is 5.82. The van der Waals surface area contributed by atoms with E-state index in [0.29, 0.717) is 19.1 Å². The lowest BCUT2D eigenvalue weighted by atomic mass is 10.2. The summed E-state index contributed by atoms with van der Waals surface area (Å²) in [5, 5.41) is 4.26. The minimum absolute atomic E-state index is 0. The van der Waals surface area contributed by atoms with E-state index in [2.05, 4.69) is 27.4 Å². The summed E-state index contributed by atoms with van der Waals surface area (Å²) in [4.78, 5) is 7.62. The molecule has 0 radical (unpaired) electrons. The molecule has 0 saturated heterocycles. The molecule has 0 aliphatic carbocycles. The summed E-state index contributed by atoms with van der Waals surface area (Å²) in [7, 11) is 1.66. The van der Waals surface area contributed by atoms with Gasteiger partial charge >= 0.3 is 0 Å². The van der Waals surface area contributed by atoms with Crippen LogP contribution in [0, 0.1) is 0 Å². The highest BCUT2D eigenvalue weighted by Crippen LogP contribution is 2.14. The fourth-order valence-electron chi connectivity index (χ4n) is 1.98. The Kier molecular flexibility index (Phi) is 6.80. The predicted octanol–water partition coefficient (Wildman–Crippen LogP) is 2.23. The van der Waals surface area contributed by atoms with Crippen molar-refractivity contribution >= 4 is 40.8 Å². The average molecular weight is 388 g/mol. The molecule has 1 atom stereocenters. The quantitative estimate of drug-likeness (QED) is 0.418. The van der Waals surface area contributed by atoms with Gasteiger partial charge in [0.1, 0.15) is 0 Å². The van der Waals surface area contributed by atoms with E-state index in [1.807, 2.05) is 25.1 Å². The number of benzene rings is 1. The minimum atomic E-state index is 0. The fraction of sp³-hybridized carbons (Fsp3) is 0.357. The second kappa shape index (κ2) is 8.11. The van der Waals surface area contributed by atoms with Crippen molar-refractivity contribution in [3.63, 3.8) is 0 Å². The number of fused-ring (bicyclic) bond motifs is 1. The van der Waals surface area contributed by atoms with E-state index >= 15 is 0 Å². The van der Waals surface area contributed by atoms with E-state index in [-0.39, 0.29) is 30.0 Å². The summed E-state index contributed by atoms with van der Waals surface area (Å²) in [5.74, 6) is 0.434. The Morgan fingerprint density at radius 3 is 2.90 bits per heavy atom. The third kappa shape index (κ3) is 4.68. The average Bonchev–Trinajstić information content (AvgIpc) is 2.79. The van der Waals surface area contributed by atoms with Crippen molar-refractivity contribution in [2.75, 3.05) is 13.7 Å². The van der Waals surface area contributed by atoms with Crippen molar-refractivity contribution in [2.45, 2.75) is 19.5 Å².